The lowest BCUT2D eigenvalue weighted by Gasteiger charge is -2.21. The fraction of sp³-hybridized carbons (Fsp3) is 0.226. The molecule has 0 saturated carbocycles. The third-order valence-electron chi connectivity index (χ3n) is 7.48. The Morgan fingerprint density at radius 2 is 1.76 bits per heavy atom. The predicted octanol–water partition coefficient (Wildman–Crippen LogP) is 2.59. The summed E-state index contributed by atoms with van der Waals surface area (Å²) in [6.45, 7) is 0.287. The van der Waals surface area contributed by atoms with E-state index in [0.29, 0.717) is 11.3 Å². The summed E-state index contributed by atoms with van der Waals surface area (Å²) in [6.07, 6.45) is 1.21. The maximum atomic E-state index is 13.8. The number of aryl methyl sites for hydroxylation is 1. The lowest BCUT2D eigenvalue weighted by atomic mass is 10.1. The fourth-order valence-corrected chi connectivity index (χ4v) is 5.33. The molecule has 3 N–H and O–H groups in total. The number of amides is 3. The number of para-hydroxylation sites is 1. The van der Waals surface area contributed by atoms with Gasteiger partial charge in [0, 0.05) is 42.8 Å². The number of nitrogens with one attached hydrogen (secondary N) is 2. The SMILES string of the molecule is Cn1cc(C(=O)N2C[C@@H]3NC(=O)c4cc(cc(C(=O)O)c4)OCC(=O)NCc4ccc(cc4)O[C@H]3C2)c2ccccc21. The molecule has 7 rings (SSSR count). The molecule has 0 unspecified atom stereocenters. The Balaban J connectivity index is 1.33. The molecule has 4 heterocycles. The molecule has 11 nitrogen and oxygen atoms in total. The van der Waals surface area contributed by atoms with Crippen molar-refractivity contribution in [2.45, 2.75) is 18.7 Å². The number of carboxylic acid groups (broad SMARTS) is 1. The highest BCUT2D eigenvalue weighted by Crippen LogP contribution is 2.26. The summed E-state index contributed by atoms with van der Waals surface area (Å²) in [6, 6.07) is 18.1. The van der Waals surface area contributed by atoms with E-state index >= 15 is 0 Å². The largest absolute Gasteiger partial charge is 0.486 e. The Bertz CT molecular complexity index is 1710. The molecule has 1 aromatic heterocycles. The number of rotatable bonds is 2. The van der Waals surface area contributed by atoms with Crippen LogP contribution in [0, 0.1) is 0 Å². The van der Waals surface area contributed by atoms with Crippen LogP contribution in [0.2, 0.25) is 0 Å². The topological polar surface area (TPSA) is 139 Å². The number of nitrogens with zero attached hydrogens (tertiary/aromatic N) is 2. The van der Waals surface area contributed by atoms with Crippen LogP contribution in [-0.2, 0) is 18.4 Å². The molecule has 11 heteroatoms. The number of aromatic carboxylic acids is 1. The molecule has 3 aliphatic heterocycles. The summed E-state index contributed by atoms with van der Waals surface area (Å²) in [5.41, 5.74) is 2.19. The van der Waals surface area contributed by atoms with Crippen LogP contribution in [0.5, 0.6) is 11.5 Å². The number of carbonyl (C=O) groups is 4. The summed E-state index contributed by atoms with van der Waals surface area (Å²) in [7, 11) is 1.88. The summed E-state index contributed by atoms with van der Waals surface area (Å²) in [4.78, 5) is 53.0. The van der Waals surface area contributed by atoms with E-state index in [4.69, 9.17) is 9.47 Å². The number of likely N-dealkylation sites (tertiary alicyclic amines) is 1. The molecule has 0 aliphatic carbocycles. The van der Waals surface area contributed by atoms with E-state index in [0.717, 1.165) is 16.5 Å². The Morgan fingerprint density at radius 1 is 0.976 bits per heavy atom. The van der Waals surface area contributed by atoms with Crippen LogP contribution in [0.4, 0.5) is 0 Å². The van der Waals surface area contributed by atoms with E-state index in [2.05, 4.69) is 10.6 Å². The average molecular weight is 569 g/mol. The van der Waals surface area contributed by atoms with Crippen molar-refractivity contribution in [1.29, 1.82) is 0 Å². The van der Waals surface area contributed by atoms with Crippen molar-refractivity contribution in [1.82, 2.24) is 20.1 Å². The quantitative estimate of drug-likeness (QED) is 0.338. The normalized spacial score (nSPS) is 18.8. The molecule has 42 heavy (non-hydrogen) atoms. The standard InChI is InChI=1S/C31H28N4O7/c1-34-14-24(23-4-2-3-5-26(23)34)30(38)35-15-25-27(16-35)42-21-8-6-18(7-9-21)13-32-28(36)17-41-22-11-19(29(37)33-25)10-20(12-22)31(39)40/h2-12,14,25,27H,13,15-17H2,1H3,(H,32,36)(H,33,37)(H,39,40)/t25-,27-/m0/s1. The van der Waals surface area contributed by atoms with Gasteiger partial charge in [-0.1, -0.05) is 30.3 Å². The maximum absolute atomic E-state index is 13.8. The van der Waals surface area contributed by atoms with Gasteiger partial charge in [-0.3, -0.25) is 14.4 Å². The summed E-state index contributed by atoms with van der Waals surface area (Å²) >= 11 is 0. The monoisotopic (exact) mass is 568 g/mol. The van der Waals surface area contributed by atoms with Crippen molar-refractivity contribution in [3.05, 3.63) is 95.2 Å². The third kappa shape index (κ3) is 5.36. The zero-order valence-electron chi connectivity index (χ0n) is 22.7. The molecular weight excluding hydrogens is 540 g/mol. The lowest BCUT2D eigenvalue weighted by molar-refractivity contribution is -0.123. The van der Waals surface area contributed by atoms with Crippen LogP contribution >= 0.6 is 0 Å². The number of benzene rings is 3. The third-order valence-corrected chi connectivity index (χ3v) is 7.48. The second-order valence-corrected chi connectivity index (χ2v) is 10.4. The first kappa shape index (κ1) is 26.9. The minimum Gasteiger partial charge on any atom is -0.486 e. The molecule has 1 saturated heterocycles. The van der Waals surface area contributed by atoms with Crippen LogP contribution in [-0.4, -0.2) is 70.1 Å². The summed E-state index contributed by atoms with van der Waals surface area (Å²) in [5, 5.41) is 16.1. The molecule has 0 radical (unpaired) electrons. The zero-order valence-corrected chi connectivity index (χ0v) is 22.7. The number of carboxylic acids is 1. The van der Waals surface area contributed by atoms with Crippen molar-refractivity contribution in [2.24, 2.45) is 7.05 Å². The van der Waals surface area contributed by atoms with Crippen LogP contribution in [0.15, 0.2) is 72.9 Å². The van der Waals surface area contributed by atoms with Crippen LogP contribution in [0.3, 0.4) is 0 Å². The van der Waals surface area contributed by atoms with Gasteiger partial charge in [-0.2, -0.15) is 0 Å². The minimum atomic E-state index is -1.25. The Kier molecular flexibility index (Phi) is 6.99. The molecule has 0 spiro atoms. The van der Waals surface area contributed by atoms with Crippen molar-refractivity contribution in [3.63, 3.8) is 0 Å². The zero-order chi connectivity index (χ0) is 29.4. The first-order chi connectivity index (χ1) is 20.2. The summed E-state index contributed by atoms with van der Waals surface area (Å²) in [5.74, 6) is -1.80. The van der Waals surface area contributed by atoms with Gasteiger partial charge in [-0.15, -0.1) is 0 Å². The highest BCUT2D eigenvalue weighted by molar-refractivity contribution is 6.07. The Morgan fingerprint density at radius 3 is 2.55 bits per heavy atom. The minimum absolute atomic E-state index is 0.0381. The van der Waals surface area contributed by atoms with E-state index in [1.807, 2.05) is 48.0 Å². The number of hydrogen-bond donors (Lipinski definition) is 3. The van der Waals surface area contributed by atoms with Crippen LogP contribution < -0.4 is 20.1 Å². The van der Waals surface area contributed by atoms with Gasteiger partial charge >= 0.3 is 5.97 Å². The predicted molar refractivity (Wildman–Crippen MR) is 152 cm³/mol. The highest BCUT2D eigenvalue weighted by Gasteiger charge is 2.39. The van der Waals surface area contributed by atoms with E-state index in [9.17, 15) is 24.3 Å². The van der Waals surface area contributed by atoms with Crippen molar-refractivity contribution in [3.8, 4) is 11.5 Å². The van der Waals surface area contributed by atoms with Crippen LogP contribution in [0.1, 0.15) is 36.6 Å². The van der Waals surface area contributed by atoms with Gasteiger partial charge < -0.3 is 34.7 Å². The second kappa shape index (κ2) is 10.9. The summed E-state index contributed by atoms with van der Waals surface area (Å²) < 4.78 is 13.7. The van der Waals surface area contributed by atoms with Crippen molar-refractivity contribution >= 4 is 34.6 Å². The molecule has 2 atom stereocenters. The van der Waals surface area contributed by atoms with Crippen molar-refractivity contribution < 1.29 is 33.8 Å². The molecular formula is C31H28N4O7. The number of hydrogen-bond acceptors (Lipinski definition) is 6. The first-order valence-electron chi connectivity index (χ1n) is 13.4. The Hall–Kier alpha value is -5.32. The molecule has 4 aromatic rings. The van der Waals surface area contributed by atoms with Gasteiger partial charge in [0.1, 0.15) is 17.6 Å². The lowest BCUT2D eigenvalue weighted by Crippen LogP contribution is -2.45. The molecule has 214 valence electrons. The van der Waals surface area contributed by atoms with E-state index in [1.165, 1.54) is 18.2 Å². The van der Waals surface area contributed by atoms with E-state index in [1.54, 1.807) is 23.2 Å². The molecule has 4 bridgehead atoms. The first-order valence-corrected chi connectivity index (χ1v) is 13.4. The second-order valence-electron chi connectivity index (χ2n) is 10.4. The molecule has 3 aromatic carbocycles. The average Bonchev–Trinajstić information content (AvgIpc) is 3.55. The highest BCUT2D eigenvalue weighted by atomic mass is 16.5. The number of ether oxygens (including phenoxy) is 2. The molecule has 3 aliphatic rings. The maximum Gasteiger partial charge on any atom is 0.335 e. The van der Waals surface area contributed by atoms with E-state index in [-0.39, 0.29) is 49.0 Å². The van der Waals surface area contributed by atoms with Crippen molar-refractivity contribution in [2.75, 3.05) is 19.7 Å². The molecule has 3 amide bonds. The number of carbonyl (C=O) groups excluding carboxylic acids is 3. The van der Waals surface area contributed by atoms with Gasteiger partial charge in [0.2, 0.25) is 0 Å². The van der Waals surface area contributed by atoms with Gasteiger partial charge in [-0.05, 0) is 42.0 Å². The van der Waals surface area contributed by atoms with Gasteiger partial charge in [0.25, 0.3) is 17.7 Å². The number of fused-ring (bicyclic) bond motifs is 8. The van der Waals surface area contributed by atoms with Crippen LogP contribution in [0.25, 0.3) is 10.9 Å². The Labute approximate surface area is 240 Å². The smallest absolute Gasteiger partial charge is 0.335 e. The van der Waals surface area contributed by atoms with E-state index < -0.39 is 29.9 Å². The van der Waals surface area contributed by atoms with Gasteiger partial charge in [0.05, 0.1) is 23.7 Å². The number of aromatic nitrogens is 1. The molecule has 1 fully saturated rings. The fourth-order valence-electron chi connectivity index (χ4n) is 5.33. The van der Waals surface area contributed by atoms with Gasteiger partial charge in [-0.25, -0.2) is 4.79 Å². The van der Waals surface area contributed by atoms with Gasteiger partial charge in [0.15, 0.2) is 6.61 Å².